The number of amidine groups is 1. The van der Waals surface area contributed by atoms with Crippen molar-refractivity contribution in [2.75, 3.05) is 4.90 Å². The van der Waals surface area contributed by atoms with E-state index in [0.29, 0.717) is 5.84 Å². The maximum atomic E-state index is 8.10. The summed E-state index contributed by atoms with van der Waals surface area (Å²) in [6, 6.07) is 16.5. The van der Waals surface area contributed by atoms with Crippen molar-refractivity contribution >= 4 is 39.9 Å². The Hall–Kier alpha value is -1.32. The second kappa shape index (κ2) is 5.76. The zero-order valence-corrected chi connectivity index (χ0v) is 12.7. The molecular formula is C15H14BrClN2. The lowest BCUT2D eigenvalue weighted by molar-refractivity contribution is 1.01. The van der Waals surface area contributed by atoms with Crippen molar-refractivity contribution in [1.82, 2.24) is 0 Å². The number of anilines is 1. The molecule has 3 rings (SSSR count). The van der Waals surface area contributed by atoms with Crippen LogP contribution in [0.4, 0.5) is 5.69 Å². The molecule has 2 aromatic carbocycles. The third-order valence-corrected chi connectivity index (χ3v) is 3.75. The average Bonchev–Trinajstić information content (AvgIpc) is 2.69. The van der Waals surface area contributed by atoms with Gasteiger partial charge in [-0.15, -0.1) is 12.4 Å². The molecule has 1 aliphatic heterocycles. The van der Waals surface area contributed by atoms with Crippen LogP contribution < -0.4 is 4.90 Å². The summed E-state index contributed by atoms with van der Waals surface area (Å²) in [6.07, 6.45) is 0.743. The molecule has 0 amide bonds. The number of benzene rings is 2. The van der Waals surface area contributed by atoms with Crippen LogP contribution in [0.3, 0.4) is 0 Å². The summed E-state index contributed by atoms with van der Waals surface area (Å²) in [5.41, 5.74) is 3.64. The largest absolute Gasteiger partial charge is 0.325 e. The van der Waals surface area contributed by atoms with Crippen LogP contribution >= 0.6 is 28.3 Å². The molecule has 0 saturated carbocycles. The van der Waals surface area contributed by atoms with E-state index in [1.54, 1.807) is 0 Å². The molecule has 0 fully saturated rings. The number of halogens is 2. The van der Waals surface area contributed by atoms with E-state index >= 15 is 0 Å². The van der Waals surface area contributed by atoms with Gasteiger partial charge in [0.2, 0.25) is 0 Å². The standard InChI is InChI=1S/C15H13BrN2.ClH/c16-13-7-5-11(6-8-13)10-18-14-4-2-1-3-12(14)9-15(18)17;/h1-8,17H,9-10H2;1H. The van der Waals surface area contributed by atoms with E-state index in [-0.39, 0.29) is 12.4 Å². The lowest BCUT2D eigenvalue weighted by atomic mass is 10.1. The van der Waals surface area contributed by atoms with E-state index < -0.39 is 0 Å². The van der Waals surface area contributed by atoms with Gasteiger partial charge in [0, 0.05) is 23.1 Å². The minimum Gasteiger partial charge on any atom is -0.325 e. The Morgan fingerprint density at radius 3 is 2.47 bits per heavy atom. The van der Waals surface area contributed by atoms with Gasteiger partial charge in [-0.05, 0) is 29.3 Å². The highest BCUT2D eigenvalue weighted by Crippen LogP contribution is 2.30. The molecule has 0 aliphatic carbocycles. The first-order chi connectivity index (χ1) is 8.74. The number of hydrogen-bond acceptors (Lipinski definition) is 1. The molecule has 4 heteroatoms. The van der Waals surface area contributed by atoms with Crippen molar-refractivity contribution < 1.29 is 0 Å². The summed E-state index contributed by atoms with van der Waals surface area (Å²) < 4.78 is 1.09. The quantitative estimate of drug-likeness (QED) is 0.863. The van der Waals surface area contributed by atoms with E-state index in [1.165, 1.54) is 16.8 Å². The molecule has 0 radical (unpaired) electrons. The van der Waals surface area contributed by atoms with Crippen molar-refractivity contribution in [3.8, 4) is 0 Å². The van der Waals surface area contributed by atoms with Crippen molar-refractivity contribution in [2.24, 2.45) is 0 Å². The Bertz CT molecular complexity index is 595. The van der Waals surface area contributed by atoms with Crippen LogP contribution in [-0.2, 0) is 13.0 Å². The fourth-order valence-electron chi connectivity index (χ4n) is 2.30. The van der Waals surface area contributed by atoms with Crippen molar-refractivity contribution in [2.45, 2.75) is 13.0 Å². The Morgan fingerprint density at radius 2 is 1.74 bits per heavy atom. The topological polar surface area (TPSA) is 27.1 Å². The molecule has 0 atom stereocenters. The smallest absolute Gasteiger partial charge is 0.105 e. The molecule has 0 bridgehead atoms. The van der Waals surface area contributed by atoms with Gasteiger partial charge in [-0.1, -0.05) is 46.3 Å². The minimum absolute atomic E-state index is 0. The first-order valence-electron chi connectivity index (χ1n) is 5.91. The number of hydrogen-bond donors (Lipinski definition) is 1. The van der Waals surface area contributed by atoms with Gasteiger partial charge in [-0.25, -0.2) is 0 Å². The van der Waals surface area contributed by atoms with E-state index in [1.807, 2.05) is 24.3 Å². The number of fused-ring (bicyclic) bond motifs is 1. The Morgan fingerprint density at radius 1 is 1.05 bits per heavy atom. The van der Waals surface area contributed by atoms with E-state index in [0.717, 1.165) is 17.4 Å². The molecule has 0 unspecified atom stereocenters. The van der Waals surface area contributed by atoms with Gasteiger partial charge in [-0.2, -0.15) is 0 Å². The van der Waals surface area contributed by atoms with Crippen LogP contribution in [0.15, 0.2) is 53.0 Å². The zero-order chi connectivity index (χ0) is 12.5. The highest BCUT2D eigenvalue weighted by molar-refractivity contribution is 9.10. The maximum Gasteiger partial charge on any atom is 0.105 e. The van der Waals surface area contributed by atoms with Gasteiger partial charge >= 0.3 is 0 Å². The summed E-state index contributed by atoms with van der Waals surface area (Å²) >= 11 is 3.44. The molecule has 19 heavy (non-hydrogen) atoms. The molecule has 0 saturated heterocycles. The second-order valence-corrected chi connectivity index (χ2v) is 5.38. The molecule has 1 aliphatic rings. The van der Waals surface area contributed by atoms with Gasteiger partial charge in [0.05, 0.1) is 0 Å². The van der Waals surface area contributed by atoms with Gasteiger partial charge in [0.15, 0.2) is 0 Å². The van der Waals surface area contributed by atoms with Crippen LogP contribution in [-0.4, -0.2) is 5.84 Å². The molecule has 98 valence electrons. The highest BCUT2D eigenvalue weighted by atomic mass is 79.9. The van der Waals surface area contributed by atoms with Crippen molar-refractivity contribution in [3.63, 3.8) is 0 Å². The van der Waals surface area contributed by atoms with Crippen molar-refractivity contribution in [3.05, 3.63) is 64.1 Å². The Balaban J connectivity index is 0.00000133. The third kappa shape index (κ3) is 2.82. The summed E-state index contributed by atoms with van der Waals surface area (Å²) in [4.78, 5) is 2.08. The Kier molecular flexibility index (Phi) is 4.27. The first kappa shape index (κ1) is 14.1. The highest BCUT2D eigenvalue weighted by Gasteiger charge is 2.23. The van der Waals surface area contributed by atoms with E-state index in [2.05, 4.69) is 45.1 Å². The van der Waals surface area contributed by atoms with Crippen LogP contribution in [0, 0.1) is 5.41 Å². The minimum atomic E-state index is 0. The summed E-state index contributed by atoms with van der Waals surface area (Å²) in [6.45, 7) is 0.767. The summed E-state index contributed by atoms with van der Waals surface area (Å²) in [5.74, 6) is 0.680. The lowest BCUT2D eigenvalue weighted by Gasteiger charge is -2.19. The maximum absolute atomic E-state index is 8.10. The van der Waals surface area contributed by atoms with Gasteiger partial charge in [-0.3, -0.25) is 5.41 Å². The fraction of sp³-hybridized carbons (Fsp3) is 0.133. The zero-order valence-electron chi connectivity index (χ0n) is 10.3. The molecule has 0 spiro atoms. The molecule has 1 heterocycles. The van der Waals surface area contributed by atoms with Gasteiger partial charge in [0.25, 0.3) is 0 Å². The van der Waals surface area contributed by atoms with Gasteiger partial charge in [0.1, 0.15) is 5.84 Å². The SMILES string of the molecule is Cl.N=C1Cc2ccccc2N1Cc1ccc(Br)cc1. The molecular weight excluding hydrogens is 324 g/mol. The number of nitrogens with one attached hydrogen (secondary N) is 1. The molecule has 0 aromatic heterocycles. The van der Waals surface area contributed by atoms with Crippen molar-refractivity contribution in [1.29, 1.82) is 5.41 Å². The molecule has 1 N–H and O–H groups in total. The van der Waals surface area contributed by atoms with E-state index in [4.69, 9.17) is 5.41 Å². The average molecular weight is 338 g/mol. The predicted molar refractivity (Wildman–Crippen MR) is 85.4 cm³/mol. The third-order valence-electron chi connectivity index (χ3n) is 3.22. The summed E-state index contributed by atoms with van der Waals surface area (Å²) in [7, 11) is 0. The fourth-order valence-corrected chi connectivity index (χ4v) is 2.56. The predicted octanol–water partition coefficient (Wildman–Crippen LogP) is 4.41. The monoisotopic (exact) mass is 336 g/mol. The lowest BCUT2D eigenvalue weighted by Crippen LogP contribution is -2.25. The number of rotatable bonds is 2. The van der Waals surface area contributed by atoms with Crippen LogP contribution in [0.1, 0.15) is 11.1 Å². The number of para-hydroxylation sites is 1. The Labute approximate surface area is 127 Å². The molecule has 2 nitrogen and oxygen atoms in total. The number of nitrogens with zero attached hydrogens (tertiary/aromatic N) is 1. The van der Waals surface area contributed by atoms with E-state index in [9.17, 15) is 0 Å². The summed E-state index contributed by atoms with van der Waals surface area (Å²) in [5, 5.41) is 8.10. The van der Waals surface area contributed by atoms with Crippen LogP contribution in [0.5, 0.6) is 0 Å². The van der Waals surface area contributed by atoms with Crippen LogP contribution in [0.2, 0.25) is 0 Å². The second-order valence-electron chi connectivity index (χ2n) is 4.46. The normalized spacial score (nSPS) is 13.1. The van der Waals surface area contributed by atoms with Gasteiger partial charge < -0.3 is 4.90 Å². The molecule has 2 aromatic rings. The van der Waals surface area contributed by atoms with Crippen LogP contribution in [0.25, 0.3) is 0 Å². The first-order valence-corrected chi connectivity index (χ1v) is 6.70.